The van der Waals surface area contributed by atoms with E-state index in [9.17, 15) is 14.7 Å². The summed E-state index contributed by atoms with van der Waals surface area (Å²) in [6, 6.07) is 8.05. The second-order valence-electron chi connectivity index (χ2n) is 10.3. The molecule has 0 aliphatic carbocycles. The minimum absolute atomic E-state index is 0.0254. The van der Waals surface area contributed by atoms with Gasteiger partial charge in [-0.2, -0.15) is 5.10 Å². The number of amides is 1. The Morgan fingerprint density at radius 2 is 1.87 bits per heavy atom. The molecule has 3 rings (SSSR count). The Hall–Kier alpha value is -3.86. The number of rotatable bonds is 10. The highest BCUT2D eigenvalue weighted by Gasteiger charge is 2.28. The highest BCUT2D eigenvalue weighted by Crippen LogP contribution is 2.34. The Kier molecular flexibility index (Phi) is 10.1. The van der Waals surface area contributed by atoms with Crippen LogP contribution < -0.4 is 20.2 Å². The molecule has 1 amide bonds. The lowest BCUT2D eigenvalue weighted by Crippen LogP contribution is -2.35. The van der Waals surface area contributed by atoms with Crippen molar-refractivity contribution in [2.45, 2.75) is 58.3 Å². The highest BCUT2D eigenvalue weighted by molar-refractivity contribution is 5.83. The predicted molar refractivity (Wildman–Crippen MR) is 146 cm³/mol. The number of carboxylic acids is 1. The van der Waals surface area contributed by atoms with Gasteiger partial charge in [-0.05, 0) is 71.3 Å². The van der Waals surface area contributed by atoms with Gasteiger partial charge in [-0.1, -0.05) is 12.1 Å². The normalized spacial score (nSPS) is 15.5. The van der Waals surface area contributed by atoms with Gasteiger partial charge in [0.2, 0.25) is 0 Å². The van der Waals surface area contributed by atoms with Crippen molar-refractivity contribution in [3.8, 4) is 11.5 Å². The molecule has 1 aliphatic heterocycles. The van der Waals surface area contributed by atoms with Crippen molar-refractivity contribution < 1.29 is 33.3 Å². The lowest BCUT2D eigenvalue weighted by Gasteiger charge is -2.30. The topological polar surface area (TPSA) is 122 Å². The van der Waals surface area contributed by atoms with Crippen LogP contribution in [0, 0.1) is 5.82 Å². The first-order valence-electron chi connectivity index (χ1n) is 12.9. The number of hydrogen-bond donors (Lipinski definition) is 3. The third-order valence-corrected chi connectivity index (χ3v) is 5.86. The molecule has 10 nitrogen and oxygen atoms in total. The molecule has 0 saturated carbocycles. The summed E-state index contributed by atoms with van der Waals surface area (Å²) < 4.78 is 32.3. The molecule has 1 unspecified atom stereocenters. The van der Waals surface area contributed by atoms with Gasteiger partial charge in [0.1, 0.15) is 17.5 Å². The molecule has 0 bridgehead atoms. The van der Waals surface area contributed by atoms with E-state index in [1.54, 1.807) is 52.0 Å². The monoisotopic (exact) mass is 544 g/mol. The fourth-order valence-electron chi connectivity index (χ4n) is 3.99. The summed E-state index contributed by atoms with van der Waals surface area (Å²) in [7, 11) is 2.02. The van der Waals surface area contributed by atoms with E-state index in [1.165, 1.54) is 18.3 Å². The molecule has 39 heavy (non-hydrogen) atoms. The number of carboxylic acid groups (broad SMARTS) is 1. The molecule has 11 heteroatoms. The Labute approximate surface area is 228 Å². The van der Waals surface area contributed by atoms with Crippen molar-refractivity contribution in [2.75, 3.05) is 32.1 Å². The molecule has 1 saturated heterocycles. The smallest absolute Gasteiger partial charge is 0.428 e. The van der Waals surface area contributed by atoms with Gasteiger partial charge in [0.25, 0.3) is 0 Å². The lowest BCUT2D eigenvalue weighted by molar-refractivity contribution is -0.138. The van der Waals surface area contributed by atoms with Gasteiger partial charge in [0.15, 0.2) is 17.6 Å². The van der Waals surface area contributed by atoms with Crippen LogP contribution in [0.15, 0.2) is 41.5 Å². The average Bonchev–Trinajstić information content (AvgIpc) is 2.86. The first-order valence-corrected chi connectivity index (χ1v) is 12.9. The molecule has 1 fully saturated rings. The fraction of sp³-hybridized carbons (Fsp3) is 0.464. The third kappa shape index (κ3) is 9.13. The first-order chi connectivity index (χ1) is 18.4. The van der Waals surface area contributed by atoms with Gasteiger partial charge in [-0.3, -0.25) is 0 Å². The molecule has 1 atom stereocenters. The van der Waals surface area contributed by atoms with Crippen LogP contribution in [0.4, 0.5) is 14.9 Å². The molecule has 0 radical (unpaired) electrons. The number of nitrogens with one attached hydrogen (secondary N) is 2. The van der Waals surface area contributed by atoms with Crippen LogP contribution in [0.5, 0.6) is 11.5 Å². The van der Waals surface area contributed by atoms with E-state index in [1.807, 2.05) is 7.05 Å². The van der Waals surface area contributed by atoms with Gasteiger partial charge in [-0.15, -0.1) is 0 Å². The number of likely N-dealkylation sites (tertiary alicyclic amines) is 1. The predicted octanol–water partition coefficient (Wildman–Crippen LogP) is 4.79. The number of halogens is 1. The van der Waals surface area contributed by atoms with E-state index in [0.717, 1.165) is 25.9 Å². The van der Waals surface area contributed by atoms with Crippen molar-refractivity contribution in [1.82, 2.24) is 10.3 Å². The minimum atomic E-state index is -1.40. The Morgan fingerprint density at radius 1 is 1.21 bits per heavy atom. The summed E-state index contributed by atoms with van der Waals surface area (Å²) in [5.41, 5.74) is 2.62. The Balaban J connectivity index is 1.76. The number of anilines is 1. The van der Waals surface area contributed by atoms with E-state index in [0.29, 0.717) is 23.6 Å². The van der Waals surface area contributed by atoms with E-state index >= 15 is 4.39 Å². The summed E-state index contributed by atoms with van der Waals surface area (Å²) in [6.45, 7) is 9.03. The SMILES string of the molecule is CCOc1cc(OC2CCN(C)CC2)c(F)c(C(Nc2ccc(C=NNC(=O)OC(C)(C)C)cc2)C(=O)O)c1. The maximum atomic E-state index is 15.7. The van der Waals surface area contributed by atoms with Crippen LogP contribution in [-0.4, -0.2) is 66.7 Å². The summed E-state index contributed by atoms with van der Waals surface area (Å²) in [5, 5.41) is 16.7. The number of benzene rings is 2. The molecular formula is C28H37FN4O6. The number of carbonyl (C=O) groups is 2. The molecule has 212 valence electrons. The van der Waals surface area contributed by atoms with Gasteiger partial charge < -0.3 is 29.5 Å². The maximum absolute atomic E-state index is 15.7. The second-order valence-corrected chi connectivity index (χ2v) is 10.3. The number of hydrazone groups is 1. The molecule has 3 N–H and O–H groups in total. The standard InChI is InChI=1S/C28H37FN4O6/c1-6-37-21-15-22(24(29)23(16-21)38-20-11-13-33(5)14-12-20)25(26(34)35)31-19-9-7-18(8-10-19)17-30-32-27(36)39-28(2,3)4/h7-10,15-17,20,25,31H,6,11-14H2,1-5H3,(H,32,36)(H,34,35). The minimum Gasteiger partial charge on any atom is -0.494 e. The van der Waals surface area contributed by atoms with Gasteiger partial charge in [0.05, 0.1) is 12.8 Å². The van der Waals surface area contributed by atoms with Crippen molar-refractivity contribution >= 4 is 24.0 Å². The molecule has 1 heterocycles. The molecule has 1 aliphatic rings. The number of hydrogen-bond acceptors (Lipinski definition) is 8. The van der Waals surface area contributed by atoms with Crippen molar-refractivity contribution in [3.05, 3.63) is 53.3 Å². The van der Waals surface area contributed by atoms with Crippen LogP contribution in [0.2, 0.25) is 0 Å². The van der Waals surface area contributed by atoms with Gasteiger partial charge in [0, 0.05) is 30.4 Å². The fourth-order valence-corrected chi connectivity index (χ4v) is 3.99. The zero-order valence-corrected chi connectivity index (χ0v) is 23.0. The zero-order valence-electron chi connectivity index (χ0n) is 23.0. The van der Waals surface area contributed by atoms with E-state index in [-0.39, 0.29) is 17.4 Å². The van der Waals surface area contributed by atoms with Crippen molar-refractivity contribution in [2.24, 2.45) is 5.10 Å². The van der Waals surface area contributed by atoms with Gasteiger partial charge >= 0.3 is 12.1 Å². The molecule has 0 spiro atoms. The Morgan fingerprint density at radius 3 is 2.46 bits per heavy atom. The number of aliphatic carboxylic acids is 1. The van der Waals surface area contributed by atoms with Crippen LogP contribution in [0.3, 0.4) is 0 Å². The lowest BCUT2D eigenvalue weighted by atomic mass is 10.0. The van der Waals surface area contributed by atoms with Crippen molar-refractivity contribution in [3.63, 3.8) is 0 Å². The summed E-state index contributed by atoms with van der Waals surface area (Å²) in [6.07, 6.45) is 2.05. The average molecular weight is 545 g/mol. The van der Waals surface area contributed by atoms with Crippen molar-refractivity contribution in [1.29, 1.82) is 0 Å². The molecule has 2 aromatic carbocycles. The second kappa shape index (κ2) is 13.3. The van der Waals surface area contributed by atoms with E-state index < -0.39 is 29.5 Å². The molecular weight excluding hydrogens is 507 g/mol. The summed E-state index contributed by atoms with van der Waals surface area (Å²) in [5.74, 6) is -1.70. The van der Waals surface area contributed by atoms with Gasteiger partial charge in [-0.25, -0.2) is 19.4 Å². The van der Waals surface area contributed by atoms with E-state index in [2.05, 4.69) is 20.7 Å². The maximum Gasteiger partial charge on any atom is 0.428 e. The largest absolute Gasteiger partial charge is 0.494 e. The zero-order chi connectivity index (χ0) is 28.6. The van der Waals surface area contributed by atoms with Crippen LogP contribution in [-0.2, 0) is 9.53 Å². The van der Waals surface area contributed by atoms with E-state index in [4.69, 9.17) is 14.2 Å². The summed E-state index contributed by atoms with van der Waals surface area (Å²) >= 11 is 0. The molecule has 2 aromatic rings. The Bertz CT molecular complexity index is 1160. The highest BCUT2D eigenvalue weighted by atomic mass is 19.1. The number of ether oxygens (including phenoxy) is 3. The number of piperidine rings is 1. The van der Waals surface area contributed by atoms with Crippen LogP contribution in [0.1, 0.15) is 57.7 Å². The first kappa shape index (κ1) is 29.7. The number of nitrogens with zero attached hydrogens (tertiary/aromatic N) is 2. The number of carbonyl (C=O) groups excluding carboxylic acids is 1. The molecule has 0 aromatic heterocycles. The summed E-state index contributed by atoms with van der Waals surface area (Å²) in [4.78, 5) is 26.1. The van der Waals surface area contributed by atoms with Crippen LogP contribution >= 0.6 is 0 Å². The quantitative estimate of drug-likeness (QED) is 0.288. The van der Waals surface area contributed by atoms with Crippen LogP contribution in [0.25, 0.3) is 0 Å². The third-order valence-electron chi connectivity index (χ3n) is 5.86.